The smallest absolute Gasteiger partial charge is 0.234 e. The first-order valence-electron chi connectivity index (χ1n) is 9.40. The van der Waals surface area contributed by atoms with Crippen molar-refractivity contribution in [2.75, 3.05) is 11.1 Å². The van der Waals surface area contributed by atoms with Crippen LogP contribution in [0.2, 0.25) is 0 Å². The molecule has 0 saturated carbocycles. The third-order valence-corrected chi connectivity index (χ3v) is 5.50. The van der Waals surface area contributed by atoms with Crippen LogP contribution in [0, 0.1) is 18.6 Å². The lowest BCUT2D eigenvalue weighted by molar-refractivity contribution is -0.113. The molecule has 9 heteroatoms. The summed E-state index contributed by atoms with van der Waals surface area (Å²) in [5.74, 6) is -0.541. The summed E-state index contributed by atoms with van der Waals surface area (Å²) >= 11 is 1.16. The summed E-state index contributed by atoms with van der Waals surface area (Å²) in [7, 11) is 0. The maximum atomic E-state index is 13.8. The average molecular weight is 440 g/mol. The van der Waals surface area contributed by atoms with E-state index in [-0.39, 0.29) is 11.4 Å². The number of benzene rings is 2. The van der Waals surface area contributed by atoms with Gasteiger partial charge in [0.05, 0.1) is 29.8 Å². The maximum absolute atomic E-state index is 13.8. The van der Waals surface area contributed by atoms with E-state index in [2.05, 4.69) is 15.5 Å². The standard InChI is InChI=1S/C22H18F2N4O2S/c1-14-17(9-10-30-14)21-26-27-22(28(21)12-15-5-3-2-4-6-15)31-13-20(29)25-19-11-16(23)7-8-18(19)24/h2-11H,12-13H2,1H3,(H,25,29). The molecular weight excluding hydrogens is 422 g/mol. The van der Waals surface area contributed by atoms with Crippen molar-refractivity contribution >= 4 is 23.4 Å². The van der Waals surface area contributed by atoms with Crippen molar-refractivity contribution in [3.05, 3.63) is 83.8 Å². The number of hydrogen-bond acceptors (Lipinski definition) is 5. The molecular formula is C22H18F2N4O2S. The van der Waals surface area contributed by atoms with Gasteiger partial charge in [-0.05, 0) is 30.7 Å². The summed E-state index contributed by atoms with van der Waals surface area (Å²) in [6, 6.07) is 14.5. The molecule has 4 rings (SSSR count). The molecule has 4 aromatic rings. The molecule has 0 spiro atoms. The van der Waals surface area contributed by atoms with Gasteiger partial charge in [-0.2, -0.15) is 0 Å². The van der Waals surface area contributed by atoms with Gasteiger partial charge in [0.1, 0.15) is 17.4 Å². The number of rotatable bonds is 7. The third kappa shape index (κ3) is 4.83. The van der Waals surface area contributed by atoms with E-state index in [9.17, 15) is 13.6 Å². The minimum Gasteiger partial charge on any atom is -0.469 e. The molecule has 6 nitrogen and oxygen atoms in total. The zero-order valence-corrected chi connectivity index (χ0v) is 17.3. The van der Waals surface area contributed by atoms with Crippen LogP contribution in [0.3, 0.4) is 0 Å². The predicted molar refractivity (Wildman–Crippen MR) is 114 cm³/mol. The minimum atomic E-state index is -0.704. The summed E-state index contributed by atoms with van der Waals surface area (Å²) in [5.41, 5.74) is 1.64. The number of furan rings is 1. The molecule has 0 fully saturated rings. The number of amides is 1. The highest BCUT2D eigenvalue weighted by atomic mass is 32.2. The van der Waals surface area contributed by atoms with E-state index in [0.29, 0.717) is 23.3 Å². The van der Waals surface area contributed by atoms with Crippen LogP contribution in [0.25, 0.3) is 11.4 Å². The number of nitrogens with zero attached hydrogens (tertiary/aromatic N) is 3. The van der Waals surface area contributed by atoms with Crippen LogP contribution in [0.5, 0.6) is 0 Å². The third-order valence-electron chi connectivity index (χ3n) is 4.53. The molecule has 0 bridgehead atoms. The van der Waals surface area contributed by atoms with E-state index in [1.807, 2.05) is 47.9 Å². The molecule has 0 aliphatic rings. The van der Waals surface area contributed by atoms with Crippen molar-refractivity contribution in [2.24, 2.45) is 0 Å². The number of thioether (sulfide) groups is 1. The van der Waals surface area contributed by atoms with Gasteiger partial charge >= 0.3 is 0 Å². The van der Waals surface area contributed by atoms with Crippen molar-refractivity contribution in [2.45, 2.75) is 18.6 Å². The van der Waals surface area contributed by atoms with Crippen molar-refractivity contribution in [3.8, 4) is 11.4 Å². The summed E-state index contributed by atoms with van der Waals surface area (Å²) < 4.78 is 34.4. The van der Waals surface area contributed by atoms with Crippen LogP contribution in [0.1, 0.15) is 11.3 Å². The van der Waals surface area contributed by atoms with Gasteiger partial charge in [0, 0.05) is 6.07 Å². The molecule has 0 radical (unpaired) electrons. The molecule has 158 valence electrons. The summed E-state index contributed by atoms with van der Waals surface area (Å²) in [6.07, 6.45) is 1.58. The first kappa shape index (κ1) is 20.8. The number of halogens is 2. The number of aryl methyl sites for hydroxylation is 1. The van der Waals surface area contributed by atoms with Crippen molar-refractivity contribution < 1.29 is 18.0 Å². The fraction of sp³-hybridized carbons (Fsp3) is 0.136. The monoisotopic (exact) mass is 440 g/mol. The zero-order valence-electron chi connectivity index (χ0n) is 16.5. The number of nitrogens with one attached hydrogen (secondary N) is 1. The SMILES string of the molecule is Cc1occc1-c1nnc(SCC(=O)Nc2cc(F)ccc2F)n1Cc1ccccc1. The van der Waals surface area contributed by atoms with E-state index >= 15 is 0 Å². The lowest BCUT2D eigenvalue weighted by Gasteiger charge is -2.10. The van der Waals surface area contributed by atoms with Gasteiger partial charge in [0.25, 0.3) is 0 Å². The molecule has 31 heavy (non-hydrogen) atoms. The van der Waals surface area contributed by atoms with E-state index in [0.717, 1.165) is 41.1 Å². The molecule has 0 aliphatic carbocycles. The highest BCUT2D eigenvalue weighted by molar-refractivity contribution is 7.99. The van der Waals surface area contributed by atoms with E-state index in [4.69, 9.17) is 4.42 Å². The largest absolute Gasteiger partial charge is 0.469 e. The van der Waals surface area contributed by atoms with E-state index in [1.54, 1.807) is 6.26 Å². The fourth-order valence-corrected chi connectivity index (χ4v) is 3.77. The number of hydrogen-bond donors (Lipinski definition) is 1. The number of carbonyl (C=O) groups is 1. The highest BCUT2D eigenvalue weighted by Gasteiger charge is 2.19. The second kappa shape index (κ2) is 9.13. The lowest BCUT2D eigenvalue weighted by Crippen LogP contribution is -2.16. The molecule has 0 atom stereocenters. The number of anilines is 1. The summed E-state index contributed by atoms with van der Waals surface area (Å²) in [6.45, 7) is 2.33. The summed E-state index contributed by atoms with van der Waals surface area (Å²) in [5, 5.41) is 11.4. The average Bonchev–Trinajstić information content (AvgIpc) is 3.35. The molecule has 0 unspecified atom stereocenters. The van der Waals surface area contributed by atoms with Crippen LogP contribution < -0.4 is 5.32 Å². The molecule has 2 aromatic heterocycles. The lowest BCUT2D eigenvalue weighted by atomic mass is 10.2. The van der Waals surface area contributed by atoms with Gasteiger partial charge in [0.2, 0.25) is 5.91 Å². The van der Waals surface area contributed by atoms with Crippen LogP contribution in [-0.4, -0.2) is 26.4 Å². The molecule has 1 amide bonds. The Morgan fingerprint density at radius 2 is 1.94 bits per heavy atom. The Bertz CT molecular complexity index is 1210. The first-order valence-corrected chi connectivity index (χ1v) is 10.4. The van der Waals surface area contributed by atoms with Gasteiger partial charge in [-0.3, -0.25) is 9.36 Å². The predicted octanol–water partition coefficient (Wildman–Crippen LogP) is 4.90. The van der Waals surface area contributed by atoms with E-state index in [1.165, 1.54) is 0 Å². The Labute approximate surface area is 181 Å². The fourth-order valence-electron chi connectivity index (χ4n) is 3.03. The van der Waals surface area contributed by atoms with Crippen LogP contribution >= 0.6 is 11.8 Å². The molecule has 2 heterocycles. The molecule has 2 aromatic carbocycles. The Kier molecular flexibility index (Phi) is 6.13. The zero-order chi connectivity index (χ0) is 21.8. The van der Waals surface area contributed by atoms with Crippen LogP contribution in [-0.2, 0) is 11.3 Å². The van der Waals surface area contributed by atoms with Crippen molar-refractivity contribution in [1.82, 2.24) is 14.8 Å². The van der Waals surface area contributed by atoms with Gasteiger partial charge in [-0.15, -0.1) is 10.2 Å². The topological polar surface area (TPSA) is 72.9 Å². The Balaban J connectivity index is 1.55. The van der Waals surface area contributed by atoms with E-state index < -0.39 is 17.5 Å². The van der Waals surface area contributed by atoms with Crippen LogP contribution in [0.4, 0.5) is 14.5 Å². The van der Waals surface area contributed by atoms with Crippen LogP contribution in [0.15, 0.2) is 70.4 Å². The van der Waals surface area contributed by atoms with Gasteiger partial charge in [0.15, 0.2) is 11.0 Å². The maximum Gasteiger partial charge on any atom is 0.234 e. The Morgan fingerprint density at radius 3 is 2.68 bits per heavy atom. The van der Waals surface area contributed by atoms with Gasteiger partial charge in [-0.1, -0.05) is 42.1 Å². The summed E-state index contributed by atoms with van der Waals surface area (Å²) in [4.78, 5) is 12.3. The van der Waals surface area contributed by atoms with Gasteiger partial charge < -0.3 is 9.73 Å². The quantitative estimate of drug-likeness (QED) is 0.414. The van der Waals surface area contributed by atoms with Crippen molar-refractivity contribution in [1.29, 1.82) is 0 Å². The molecule has 0 aliphatic heterocycles. The molecule has 0 saturated heterocycles. The Hall–Kier alpha value is -3.46. The minimum absolute atomic E-state index is 0.0484. The van der Waals surface area contributed by atoms with Gasteiger partial charge in [-0.25, -0.2) is 8.78 Å². The van der Waals surface area contributed by atoms with Crippen molar-refractivity contribution in [3.63, 3.8) is 0 Å². The molecule has 1 N–H and O–H groups in total. The Morgan fingerprint density at radius 1 is 1.13 bits per heavy atom. The normalized spacial score (nSPS) is 10.9. The number of carbonyl (C=O) groups excluding carboxylic acids is 1. The highest BCUT2D eigenvalue weighted by Crippen LogP contribution is 2.28. The number of aromatic nitrogens is 3. The second-order valence-electron chi connectivity index (χ2n) is 6.73. The first-order chi connectivity index (χ1) is 15.0. The second-order valence-corrected chi connectivity index (χ2v) is 7.67.